The topological polar surface area (TPSA) is 38.7 Å². The Kier molecular flexibility index (Phi) is 14.3. The van der Waals surface area contributed by atoms with E-state index < -0.39 is 0 Å². The van der Waals surface area contributed by atoms with Crippen LogP contribution in [0.3, 0.4) is 0 Å². The number of alkyl halides is 1. The molecule has 0 bridgehead atoms. The van der Waals surface area contributed by atoms with Gasteiger partial charge in [0, 0.05) is 38.9 Å². The number of halogens is 1. The molecule has 0 aliphatic rings. The second-order valence-electron chi connectivity index (χ2n) is 3.41. The summed E-state index contributed by atoms with van der Waals surface area (Å²) in [6.07, 6.45) is 4.78. The van der Waals surface area contributed by atoms with Crippen molar-refractivity contribution in [2.45, 2.75) is 32.1 Å². The first-order valence-corrected chi connectivity index (χ1v) is 6.27. The van der Waals surface area contributed by atoms with Gasteiger partial charge in [-0.05, 0) is 32.1 Å². The predicted octanol–water partition coefficient (Wildman–Crippen LogP) is 2.20. The van der Waals surface area contributed by atoms with E-state index in [1.165, 1.54) is 0 Å². The summed E-state index contributed by atoms with van der Waals surface area (Å²) < 4.78 is 10.7. The molecule has 0 aliphatic carbocycles. The molecule has 15 heavy (non-hydrogen) atoms. The Balaban J connectivity index is 2.81. The van der Waals surface area contributed by atoms with Gasteiger partial charge in [-0.25, -0.2) is 0 Å². The smallest absolute Gasteiger partial charge is 0.0487 e. The monoisotopic (exact) mass is 238 g/mol. The fourth-order valence-corrected chi connectivity index (χ4v) is 1.27. The van der Waals surface area contributed by atoms with Crippen molar-refractivity contribution in [3.63, 3.8) is 0 Å². The van der Waals surface area contributed by atoms with Crippen molar-refractivity contribution < 1.29 is 14.6 Å². The van der Waals surface area contributed by atoms with E-state index in [2.05, 4.69) is 0 Å². The minimum atomic E-state index is 0.257. The van der Waals surface area contributed by atoms with E-state index in [1.807, 2.05) is 0 Å². The van der Waals surface area contributed by atoms with Gasteiger partial charge in [-0.1, -0.05) is 0 Å². The molecule has 92 valence electrons. The molecule has 3 nitrogen and oxygen atoms in total. The van der Waals surface area contributed by atoms with E-state index in [-0.39, 0.29) is 6.61 Å². The third-order valence-corrected chi connectivity index (χ3v) is 2.21. The van der Waals surface area contributed by atoms with Crippen molar-refractivity contribution in [1.29, 1.82) is 0 Å². The van der Waals surface area contributed by atoms with Crippen molar-refractivity contribution in [3.05, 3.63) is 0 Å². The maximum Gasteiger partial charge on any atom is 0.0487 e. The molecule has 1 N–H and O–H groups in total. The highest BCUT2D eigenvalue weighted by Gasteiger charge is 1.91. The summed E-state index contributed by atoms with van der Waals surface area (Å²) in [4.78, 5) is 0. The van der Waals surface area contributed by atoms with Crippen LogP contribution in [0.1, 0.15) is 32.1 Å². The number of aliphatic hydroxyl groups is 1. The third-order valence-electron chi connectivity index (χ3n) is 1.95. The van der Waals surface area contributed by atoms with Crippen molar-refractivity contribution >= 4 is 11.6 Å². The molecular weight excluding hydrogens is 216 g/mol. The zero-order valence-corrected chi connectivity index (χ0v) is 10.2. The van der Waals surface area contributed by atoms with E-state index >= 15 is 0 Å². The zero-order valence-electron chi connectivity index (χ0n) is 9.42. The molecule has 0 aromatic carbocycles. The Labute approximate surface area is 97.7 Å². The van der Waals surface area contributed by atoms with Gasteiger partial charge in [0.15, 0.2) is 0 Å². The summed E-state index contributed by atoms with van der Waals surface area (Å²) in [5, 5.41) is 8.52. The standard InChI is InChI=1S/C11H23ClO3/c12-6-1-3-8-14-10-5-11-15-9-4-2-7-13/h13H,1-11H2. The lowest BCUT2D eigenvalue weighted by Gasteiger charge is -2.04. The molecule has 0 atom stereocenters. The Morgan fingerprint density at radius 2 is 1.27 bits per heavy atom. The van der Waals surface area contributed by atoms with Gasteiger partial charge < -0.3 is 14.6 Å². The molecule has 0 aliphatic heterocycles. The Hall–Kier alpha value is 0.170. The van der Waals surface area contributed by atoms with Crippen LogP contribution in [-0.2, 0) is 9.47 Å². The highest BCUT2D eigenvalue weighted by atomic mass is 35.5. The van der Waals surface area contributed by atoms with Gasteiger partial charge in [-0.2, -0.15) is 0 Å². The van der Waals surface area contributed by atoms with Crippen molar-refractivity contribution in [1.82, 2.24) is 0 Å². The van der Waals surface area contributed by atoms with Crippen LogP contribution in [0, 0.1) is 0 Å². The highest BCUT2D eigenvalue weighted by molar-refractivity contribution is 6.17. The first-order chi connectivity index (χ1) is 7.41. The molecule has 0 radical (unpaired) electrons. The molecule has 0 saturated carbocycles. The molecule has 0 rings (SSSR count). The molecular formula is C11H23ClO3. The summed E-state index contributed by atoms with van der Waals surface area (Å²) in [7, 11) is 0. The second kappa shape index (κ2) is 14.2. The van der Waals surface area contributed by atoms with Crippen LogP contribution in [0.5, 0.6) is 0 Å². The lowest BCUT2D eigenvalue weighted by Crippen LogP contribution is -2.03. The first kappa shape index (κ1) is 15.2. The molecule has 0 fully saturated rings. The minimum Gasteiger partial charge on any atom is -0.396 e. The van der Waals surface area contributed by atoms with Gasteiger partial charge in [0.25, 0.3) is 0 Å². The third kappa shape index (κ3) is 14.2. The van der Waals surface area contributed by atoms with E-state index in [0.29, 0.717) is 0 Å². The van der Waals surface area contributed by atoms with Crippen molar-refractivity contribution in [2.24, 2.45) is 0 Å². The molecule has 0 saturated heterocycles. The van der Waals surface area contributed by atoms with Crippen LogP contribution >= 0.6 is 11.6 Å². The number of unbranched alkanes of at least 4 members (excludes halogenated alkanes) is 2. The number of hydrogen-bond acceptors (Lipinski definition) is 3. The van der Waals surface area contributed by atoms with Gasteiger partial charge in [0.05, 0.1) is 0 Å². The fraction of sp³-hybridized carbons (Fsp3) is 1.00. The SMILES string of the molecule is OCCCCOCCCOCCCCCl. The summed E-state index contributed by atoms with van der Waals surface area (Å²) in [5.74, 6) is 0.720. The molecule has 0 unspecified atom stereocenters. The first-order valence-electron chi connectivity index (χ1n) is 5.74. The summed E-state index contributed by atoms with van der Waals surface area (Å²) in [6, 6.07) is 0. The lowest BCUT2D eigenvalue weighted by atomic mass is 10.3. The fourth-order valence-electron chi connectivity index (χ4n) is 1.08. The molecule has 0 amide bonds. The number of hydrogen-bond donors (Lipinski definition) is 1. The van der Waals surface area contributed by atoms with Gasteiger partial charge in [0.1, 0.15) is 0 Å². The van der Waals surface area contributed by atoms with Crippen LogP contribution in [-0.4, -0.2) is 44.0 Å². The Bertz CT molecular complexity index is 100. The van der Waals surface area contributed by atoms with E-state index in [0.717, 1.165) is 64.4 Å². The van der Waals surface area contributed by atoms with Gasteiger partial charge >= 0.3 is 0 Å². The Morgan fingerprint density at radius 1 is 0.733 bits per heavy atom. The van der Waals surface area contributed by atoms with E-state index in [4.69, 9.17) is 26.2 Å². The molecule has 0 aromatic heterocycles. The van der Waals surface area contributed by atoms with E-state index in [1.54, 1.807) is 0 Å². The maximum absolute atomic E-state index is 8.52. The van der Waals surface area contributed by atoms with Crippen LogP contribution in [0.2, 0.25) is 0 Å². The van der Waals surface area contributed by atoms with Gasteiger partial charge in [0.2, 0.25) is 0 Å². The number of aliphatic hydroxyl groups excluding tert-OH is 1. The largest absolute Gasteiger partial charge is 0.396 e. The summed E-state index contributed by atoms with van der Waals surface area (Å²) >= 11 is 5.53. The molecule has 0 spiro atoms. The normalized spacial score (nSPS) is 10.8. The highest BCUT2D eigenvalue weighted by Crippen LogP contribution is 1.94. The predicted molar refractivity (Wildman–Crippen MR) is 62.5 cm³/mol. The maximum atomic E-state index is 8.52. The summed E-state index contributed by atoms with van der Waals surface area (Å²) in [5.41, 5.74) is 0. The summed E-state index contributed by atoms with van der Waals surface area (Å²) in [6.45, 7) is 3.32. The van der Waals surface area contributed by atoms with Gasteiger partial charge in [-0.3, -0.25) is 0 Å². The average Bonchev–Trinajstić information content (AvgIpc) is 2.26. The zero-order chi connectivity index (χ0) is 11.2. The number of ether oxygens (including phenoxy) is 2. The van der Waals surface area contributed by atoms with Crippen LogP contribution in [0.4, 0.5) is 0 Å². The van der Waals surface area contributed by atoms with E-state index in [9.17, 15) is 0 Å². The average molecular weight is 239 g/mol. The van der Waals surface area contributed by atoms with Crippen molar-refractivity contribution in [3.8, 4) is 0 Å². The van der Waals surface area contributed by atoms with Gasteiger partial charge in [-0.15, -0.1) is 11.6 Å². The lowest BCUT2D eigenvalue weighted by molar-refractivity contribution is 0.0786. The van der Waals surface area contributed by atoms with Crippen LogP contribution < -0.4 is 0 Å². The van der Waals surface area contributed by atoms with Crippen molar-refractivity contribution in [2.75, 3.05) is 38.9 Å². The van der Waals surface area contributed by atoms with Crippen LogP contribution in [0.25, 0.3) is 0 Å². The molecule has 4 heteroatoms. The minimum absolute atomic E-state index is 0.257. The molecule has 0 heterocycles. The quantitative estimate of drug-likeness (QED) is 0.419. The number of rotatable bonds is 12. The Morgan fingerprint density at radius 3 is 1.80 bits per heavy atom. The molecule has 0 aromatic rings. The van der Waals surface area contributed by atoms with Crippen LogP contribution in [0.15, 0.2) is 0 Å². The second-order valence-corrected chi connectivity index (χ2v) is 3.78.